The minimum atomic E-state index is -0.144. The van der Waals surface area contributed by atoms with E-state index in [1.54, 1.807) is 7.05 Å². The summed E-state index contributed by atoms with van der Waals surface area (Å²) in [5, 5.41) is 10.8. The third kappa shape index (κ3) is 4.99. The molecule has 7 heteroatoms. The van der Waals surface area contributed by atoms with Gasteiger partial charge in [0, 0.05) is 37.3 Å². The van der Waals surface area contributed by atoms with Crippen LogP contribution in [-0.4, -0.2) is 42.3 Å². The number of hydrogen-bond acceptors (Lipinski definition) is 5. The standard InChI is InChI=1S/C20H30N6O/c1-14-6-8-16(9-7-14)26-11-10-15(13-26)23-19(21-5)22-12-17-24-18(27-25-17)20(2,3)4/h6-9,15H,10-13H2,1-5H3,(H2,21,22,23). The Kier molecular flexibility index (Phi) is 5.68. The van der Waals surface area contributed by atoms with Crippen molar-refractivity contribution in [2.24, 2.45) is 4.99 Å². The highest BCUT2D eigenvalue weighted by atomic mass is 16.5. The van der Waals surface area contributed by atoms with Crippen LogP contribution in [0.15, 0.2) is 33.8 Å². The number of rotatable bonds is 4. The Morgan fingerprint density at radius 3 is 2.67 bits per heavy atom. The number of nitrogens with zero attached hydrogens (tertiary/aromatic N) is 4. The summed E-state index contributed by atoms with van der Waals surface area (Å²) < 4.78 is 5.33. The van der Waals surface area contributed by atoms with Gasteiger partial charge in [-0.25, -0.2) is 0 Å². The van der Waals surface area contributed by atoms with Gasteiger partial charge >= 0.3 is 0 Å². The largest absolute Gasteiger partial charge is 0.369 e. The van der Waals surface area contributed by atoms with Gasteiger partial charge in [-0.15, -0.1) is 0 Å². The summed E-state index contributed by atoms with van der Waals surface area (Å²) in [5.74, 6) is 2.04. The highest BCUT2D eigenvalue weighted by Crippen LogP contribution is 2.21. The minimum Gasteiger partial charge on any atom is -0.369 e. The Bertz CT molecular complexity index is 775. The second-order valence-corrected chi connectivity index (χ2v) is 8.10. The van der Waals surface area contributed by atoms with Crippen LogP contribution in [0.5, 0.6) is 0 Å². The lowest BCUT2D eigenvalue weighted by Gasteiger charge is -2.20. The van der Waals surface area contributed by atoms with Gasteiger partial charge in [-0.2, -0.15) is 4.98 Å². The molecule has 1 aliphatic rings. The molecule has 2 heterocycles. The first-order chi connectivity index (χ1) is 12.8. The Morgan fingerprint density at radius 2 is 2.04 bits per heavy atom. The van der Waals surface area contributed by atoms with Crippen LogP contribution in [0.2, 0.25) is 0 Å². The van der Waals surface area contributed by atoms with Crippen LogP contribution in [0.3, 0.4) is 0 Å². The molecule has 1 atom stereocenters. The molecule has 1 aliphatic heterocycles. The van der Waals surface area contributed by atoms with Crippen molar-refractivity contribution < 1.29 is 4.52 Å². The molecular weight excluding hydrogens is 340 g/mol. The average molecular weight is 371 g/mol. The van der Waals surface area contributed by atoms with E-state index in [1.165, 1.54) is 11.3 Å². The molecule has 1 unspecified atom stereocenters. The number of aliphatic imine (C=N–C) groups is 1. The minimum absolute atomic E-state index is 0.144. The second kappa shape index (κ2) is 7.98. The summed E-state index contributed by atoms with van der Waals surface area (Å²) in [4.78, 5) is 11.2. The summed E-state index contributed by atoms with van der Waals surface area (Å²) in [7, 11) is 1.78. The third-order valence-electron chi connectivity index (χ3n) is 4.68. The van der Waals surface area contributed by atoms with Crippen molar-refractivity contribution in [2.75, 3.05) is 25.0 Å². The summed E-state index contributed by atoms with van der Waals surface area (Å²) in [6.45, 7) is 10.8. The van der Waals surface area contributed by atoms with E-state index in [2.05, 4.69) is 82.6 Å². The molecule has 0 spiro atoms. The molecule has 1 fully saturated rings. The highest BCUT2D eigenvalue weighted by Gasteiger charge is 2.24. The maximum absolute atomic E-state index is 5.33. The lowest BCUT2D eigenvalue weighted by Crippen LogP contribution is -2.44. The van der Waals surface area contributed by atoms with Gasteiger partial charge in [-0.3, -0.25) is 4.99 Å². The fourth-order valence-electron chi connectivity index (χ4n) is 3.05. The van der Waals surface area contributed by atoms with Crippen molar-refractivity contribution in [3.63, 3.8) is 0 Å². The lowest BCUT2D eigenvalue weighted by molar-refractivity contribution is 0.318. The lowest BCUT2D eigenvalue weighted by atomic mass is 9.97. The quantitative estimate of drug-likeness (QED) is 0.636. The molecule has 1 saturated heterocycles. The maximum Gasteiger partial charge on any atom is 0.232 e. The number of guanidine groups is 1. The summed E-state index contributed by atoms with van der Waals surface area (Å²) in [6.07, 6.45) is 1.07. The molecule has 0 radical (unpaired) electrons. The molecular formula is C20H30N6O. The number of anilines is 1. The third-order valence-corrected chi connectivity index (χ3v) is 4.68. The molecule has 0 bridgehead atoms. The molecule has 146 valence electrons. The Balaban J connectivity index is 1.51. The van der Waals surface area contributed by atoms with Crippen LogP contribution in [0.4, 0.5) is 5.69 Å². The van der Waals surface area contributed by atoms with Gasteiger partial charge in [0.05, 0.1) is 6.54 Å². The SMILES string of the molecule is CN=C(NCc1noc(C(C)(C)C)n1)NC1CCN(c2ccc(C)cc2)C1. The van der Waals surface area contributed by atoms with E-state index in [-0.39, 0.29) is 5.41 Å². The van der Waals surface area contributed by atoms with Crippen LogP contribution in [-0.2, 0) is 12.0 Å². The monoisotopic (exact) mass is 370 g/mol. The molecule has 0 amide bonds. The number of hydrogen-bond donors (Lipinski definition) is 2. The molecule has 27 heavy (non-hydrogen) atoms. The Morgan fingerprint density at radius 1 is 1.30 bits per heavy atom. The number of aromatic nitrogens is 2. The topological polar surface area (TPSA) is 78.6 Å². The van der Waals surface area contributed by atoms with Gasteiger partial charge in [0.2, 0.25) is 5.89 Å². The van der Waals surface area contributed by atoms with Crippen molar-refractivity contribution in [1.29, 1.82) is 0 Å². The van der Waals surface area contributed by atoms with Crippen LogP contribution in [0, 0.1) is 6.92 Å². The van der Waals surface area contributed by atoms with Gasteiger partial charge in [0.15, 0.2) is 11.8 Å². The zero-order chi connectivity index (χ0) is 19.4. The summed E-state index contributed by atoms with van der Waals surface area (Å²) in [5.41, 5.74) is 2.41. The van der Waals surface area contributed by atoms with Gasteiger partial charge in [-0.05, 0) is 25.5 Å². The van der Waals surface area contributed by atoms with Crippen LogP contribution in [0.1, 0.15) is 44.5 Å². The molecule has 2 N–H and O–H groups in total. The first-order valence-corrected chi connectivity index (χ1v) is 9.47. The van der Waals surface area contributed by atoms with Crippen LogP contribution < -0.4 is 15.5 Å². The Hall–Kier alpha value is -2.57. The van der Waals surface area contributed by atoms with Gasteiger partial charge in [0.25, 0.3) is 0 Å². The molecule has 2 aromatic rings. The van der Waals surface area contributed by atoms with Crippen molar-refractivity contribution >= 4 is 11.6 Å². The number of benzene rings is 1. The smallest absolute Gasteiger partial charge is 0.232 e. The predicted molar refractivity (Wildman–Crippen MR) is 108 cm³/mol. The van der Waals surface area contributed by atoms with Gasteiger partial charge in [-0.1, -0.05) is 43.6 Å². The predicted octanol–water partition coefficient (Wildman–Crippen LogP) is 2.62. The zero-order valence-corrected chi connectivity index (χ0v) is 16.9. The molecule has 7 nitrogen and oxygen atoms in total. The van der Waals surface area contributed by atoms with E-state index in [0.717, 1.165) is 25.5 Å². The van der Waals surface area contributed by atoms with Crippen molar-refractivity contribution in [1.82, 2.24) is 20.8 Å². The Labute approximate surface area is 161 Å². The molecule has 0 saturated carbocycles. The van der Waals surface area contributed by atoms with Crippen LogP contribution >= 0.6 is 0 Å². The molecule has 0 aliphatic carbocycles. The summed E-state index contributed by atoms with van der Waals surface area (Å²) >= 11 is 0. The van der Waals surface area contributed by atoms with E-state index < -0.39 is 0 Å². The van der Waals surface area contributed by atoms with E-state index >= 15 is 0 Å². The first kappa shape index (κ1) is 19.2. The van der Waals surface area contributed by atoms with E-state index in [0.29, 0.717) is 24.3 Å². The van der Waals surface area contributed by atoms with Crippen molar-refractivity contribution in [2.45, 2.75) is 52.1 Å². The zero-order valence-electron chi connectivity index (χ0n) is 16.9. The molecule has 1 aromatic carbocycles. The number of aryl methyl sites for hydroxylation is 1. The normalized spacial score (nSPS) is 18.0. The van der Waals surface area contributed by atoms with E-state index in [1.807, 2.05) is 0 Å². The average Bonchev–Trinajstić information content (AvgIpc) is 3.28. The van der Waals surface area contributed by atoms with Crippen LogP contribution in [0.25, 0.3) is 0 Å². The molecule has 3 rings (SSSR count). The second-order valence-electron chi connectivity index (χ2n) is 8.10. The number of nitrogens with one attached hydrogen (secondary N) is 2. The summed E-state index contributed by atoms with van der Waals surface area (Å²) in [6, 6.07) is 9.05. The fourth-order valence-corrected chi connectivity index (χ4v) is 3.05. The van der Waals surface area contributed by atoms with Gasteiger partial charge in [0.1, 0.15) is 0 Å². The molecule has 1 aromatic heterocycles. The highest BCUT2D eigenvalue weighted by molar-refractivity contribution is 5.80. The van der Waals surface area contributed by atoms with E-state index in [4.69, 9.17) is 4.52 Å². The van der Waals surface area contributed by atoms with Crippen molar-refractivity contribution in [3.05, 3.63) is 41.5 Å². The van der Waals surface area contributed by atoms with Crippen molar-refractivity contribution in [3.8, 4) is 0 Å². The maximum atomic E-state index is 5.33. The van der Waals surface area contributed by atoms with Gasteiger partial charge < -0.3 is 20.1 Å². The fraction of sp³-hybridized carbons (Fsp3) is 0.550. The first-order valence-electron chi connectivity index (χ1n) is 9.47. The van der Waals surface area contributed by atoms with E-state index in [9.17, 15) is 0 Å².